The van der Waals surface area contributed by atoms with Gasteiger partial charge in [0.2, 0.25) is 0 Å². The highest BCUT2D eigenvalue weighted by atomic mass is 16.5. The summed E-state index contributed by atoms with van der Waals surface area (Å²) < 4.78 is 6.01. The summed E-state index contributed by atoms with van der Waals surface area (Å²) in [4.78, 5) is 0. The third-order valence-corrected chi connectivity index (χ3v) is 4.58. The molecule has 3 unspecified atom stereocenters. The van der Waals surface area contributed by atoms with Crippen LogP contribution in [0.2, 0.25) is 0 Å². The molecule has 0 saturated heterocycles. The van der Waals surface area contributed by atoms with Crippen LogP contribution in [0.1, 0.15) is 64.7 Å². The van der Waals surface area contributed by atoms with Crippen molar-refractivity contribution < 1.29 is 9.84 Å². The van der Waals surface area contributed by atoms with E-state index < -0.39 is 0 Å². The number of hydrogen-bond donors (Lipinski definition) is 1. The van der Waals surface area contributed by atoms with Gasteiger partial charge >= 0.3 is 0 Å². The lowest BCUT2D eigenvalue weighted by atomic mass is 9.83. The molecule has 3 atom stereocenters. The van der Waals surface area contributed by atoms with Crippen molar-refractivity contribution in [2.75, 3.05) is 6.61 Å². The second-order valence-corrected chi connectivity index (χ2v) is 6.06. The second-order valence-electron chi connectivity index (χ2n) is 6.06. The Bertz CT molecular complexity index is 211. The molecule has 0 aromatic rings. The van der Waals surface area contributed by atoms with Gasteiger partial charge in [0.05, 0.1) is 12.2 Å². The van der Waals surface area contributed by atoms with Crippen molar-refractivity contribution in [3.63, 3.8) is 0 Å². The number of hydrogen-bond acceptors (Lipinski definition) is 2. The van der Waals surface area contributed by atoms with E-state index in [2.05, 4.69) is 6.92 Å². The van der Waals surface area contributed by atoms with E-state index in [0.29, 0.717) is 0 Å². The first-order valence-corrected chi connectivity index (χ1v) is 7.59. The summed E-state index contributed by atoms with van der Waals surface area (Å²) in [6.07, 6.45) is 11.1. The first kappa shape index (κ1) is 13.4. The molecule has 0 aromatic heterocycles. The van der Waals surface area contributed by atoms with Gasteiger partial charge in [0, 0.05) is 6.61 Å². The van der Waals surface area contributed by atoms with E-state index in [0.717, 1.165) is 31.3 Å². The average Bonchev–Trinajstić information content (AvgIpc) is 2.83. The van der Waals surface area contributed by atoms with Crippen LogP contribution in [-0.2, 0) is 4.74 Å². The quantitative estimate of drug-likeness (QED) is 0.796. The van der Waals surface area contributed by atoms with Gasteiger partial charge in [0.25, 0.3) is 0 Å². The molecule has 0 amide bonds. The highest BCUT2D eigenvalue weighted by molar-refractivity contribution is 4.81. The minimum atomic E-state index is -0.204. The maximum Gasteiger partial charge on any atom is 0.0836 e. The van der Waals surface area contributed by atoms with E-state index >= 15 is 0 Å². The predicted molar refractivity (Wildman–Crippen MR) is 70.0 cm³/mol. The molecule has 0 spiro atoms. The smallest absolute Gasteiger partial charge is 0.0836 e. The fourth-order valence-corrected chi connectivity index (χ4v) is 3.48. The van der Waals surface area contributed by atoms with Gasteiger partial charge in [-0.25, -0.2) is 0 Å². The normalized spacial score (nSPS) is 35.3. The molecule has 2 nitrogen and oxygen atoms in total. The average molecular weight is 240 g/mol. The molecule has 0 radical (unpaired) electrons. The number of aliphatic hydroxyl groups is 1. The largest absolute Gasteiger partial charge is 0.390 e. The SMILES string of the molecule is CCCC1CCC(O)C(OCC2CCCC2)C1. The topological polar surface area (TPSA) is 29.5 Å². The van der Waals surface area contributed by atoms with Crippen LogP contribution in [0, 0.1) is 11.8 Å². The third kappa shape index (κ3) is 3.96. The van der Waals surface area contributed by atoms with Crippen LogP contribution in [-0.4, -0.2) is 23.9 Å². The Morgan fingerprint density at radius 2 is 1.82 bits per heavy atom. The maximum absolute atomic E-state index is 10.0. The highest BCUT2D eigenvalue weighted by Crippen LogP contribution is 2.31. The monoisotopic (exact) mass is 240 g/mol. The molecule has 0 heterocycles. The van der Waals surface area contributed by atoms with Gasteiger partial charge in [0.1, 0.15) is 0 Å². The van der Waals surface area contributed by atoms with Gasteiger partial charge in [-0.1, -0.05) is 32.6 Å². The first-order valence-electron chi connectivity index (χ1n) is 7.59. The molecule has 0 bridgehead atoms. The van der Waals surface area contributed by atoms with Crippen LogP contribution in [0.3, 0.4) is 0 Å². The molecule has 2 aliphatic rings. The van der Waals surface area contributed by atoms with Gasteiger partial charge in [-0.3, -0.25) is 0 Å². The lowest BCUT2D eigenvalue weighted by Gasteiger charge is -2.33. The zero-order valence-corrected chi connectivity index (χ0v) is 11.2. The molecule has 0 aromatic carbocycles. The van der Waals surface area contributed by atoms with Crippen molar-refractivity contribution in [2.45, 2.75) is 76.9 Å². The summed E-state index contributed by atoms with van der Waals surface area (Å²) >= 11 is 0. The second kappa shape index (κ2) is 6.75. The summed E-state index contributed by atoms with van der Waals surface area (Å²) in [5.74, 6) is 1.56. The minimum absolute atomic E-state index is 0.126. The summed E-state index contributed by atoms with van der Waals surface area (Å²) in [6.45, 7) is 3.14. The maximum atomic E-state index is 10.0. The van der Waals surface area contributed by atoms with Crippen LogP contribution >= 0.6 is 0 Å². The van der Waals surface area contributed by atoms with Gasteiger partial charge in [-0.05, 0) is 43.9 Å². The Morgan fingerprint density at radius 3 is 2.53 bits per heavy atom. The zero-order valence-electron chi connectivity index (χ0n) is 11.2. The van der Waals surface area contributed by atoms with Crippen molar-refractivity contribution in [3.05, 3.63) is 0 Å². The fraction of sp³-hybridized carbons (Fsp3) is 1.00. The zero-order chi connectivity index (χ0) is 12.1. The summed E-state index contributed by atoms with van der Waals surface area (Å²) in [7, 11) is 0. The molecule has 2 heteroatoms. The van der Waals surface area contributed by atoms with E-state index in [1.165, 1.54) is 44.9 Å². The molecule has 2 aliphatic carbocycles. The summed E-state index contributed by atoms with van der Waals surface area (Å²) in [5, 5.41) is 10.0. The molecule has 100 valence electrons. The van der Waals surface area contributed by atoms with E-state index in [9.17, 15) is 5.11 Å². The van der Waals surface area contributed by atoms with E-state index in [1.807, 2.05) is 0 Å². The van der Waals surface area contributed by atoms with E-state index in [4.69, 9.17) is 4.74 Å². The number of aliphatic hydroxyl groups excluding tert-OH is 1. The summed E-state index contributed by atoms with van der Waals surface area (Å²) in [6, 6.07) is 0. The lowest BCUT2D eigenvalue weighted by molar-refractivity contribution is -0.0809. The molecule has 0 aliphatic heterocycles. The van der Waals surface area contributed by atoms with Crippen molar-refractivity contribution in [1.29, 1.82) is 0 Å². The summed E-state index contributed by atoms with van der Waals surface area (Å²) in [5.41, 5.74) is 0. The van der Waals surface area contributed by atoms with Crippen LogP contribution in [0.25, 0.3) is 0 Å². The first-order chi connectivity index (χ1) is 8.29. The number of ether oxygens (including phenoxy) is 1. The molecule has 2 fully saturated rings. The van der Waals surface area contributed by atoms with Crippen molar-refractivity contribution >= 4 is 0 Å². The Kier molecular flexibility index (Phi) is 5.30. The fourth-order valence-electron chi connectivity index (χ4n) is 3.48. The van der Waals surface area contributed by atoms with Crippen LogP contribution in [0.4, 0.5) is 0 Å². The van der Waals surface area contributed by atoms with Crippen LogP contribution < -0.4 is 0 Å². The standard InChI is InChI=1S/C15H28O2/c1-2-5-12-8-9-14(16)15(10-12)17-11-13-6-3-4-7-13/h12-16H,2-11H2,1H3. The predicted octanol–water partition coefficient (Wildman–Crippen LogP) is 3.52. The Balaban J connectivity index is 1.72. The lowest BCUT2D eigenvalue weighted by Crippen LogP contribution is -2.36. The molecule has 1 N–H and O–H groups in total. The van der Waals surface area contributed by atoms with Crippen molar-refractivity contribution in [3.8, 4) is 0 Å². The van der Waals surface area contributed by atoms with E-state index in [-0.39, 0.29) is 12.2 Å². The van der Waals surface area contributed by atoms with Crippen LogP contribution in [0.5, 0.6) is 0 Å². The molecular weight excluding hydrogens is 212 g/mol. The van der Waals surface area contributed by atoms with Gasteiger partial charge in [0.15, 0.2) is 0 Å². The minimum Gasteiger partial charge on any atom is -0.390 e. The van der Waals surface area contributed by atoms with Gasteiger partial charge in [-0.15, -0.1) is 0 Å². The Morgan fingerprint density at radius 1 is 1.06 bits per heavy atom. The molecule has 2 saturated carbocycles. The van der Waals surface area contributed by atoms with E-state index in [1.54, 1.807) is 0 Å². The van der Waals surface area contributed by atoms with Gasteiger partial charge in [-0.2, -0.15) is 0 Å². The third-order valence-electron chi connectivity index (χ3n) is 4.58. The molecular formula is C15H28O2. The molecule has 2 rings (SSSR count). The highest BCUT2D eigenvalue weighted by Gasteiger charge is 2.30. The Labute approximate surface area is 106 Å². The number of rotatable bonds is 5. The van der Waals surface area contributed by atoms with Crippen LogP contribution in [0.15, 0.2) is 0 Å². The van der Waals surface area contributed by atoms with Crippen molar-refractivity contribution in [1.82, 2.24) is 0 Å². The Hall–Kier alpha value is -0.0800. The molecule has 17 heavy (non-hydrogen) atoms. The van der Waals surface area contributed by atoms with Gasteiger partial charge < -0.3 is 9.84 Å². The van der Waals surface area contributed by atoms with Crippen molar-refractivity contribution in [2.24, 2.45) is 11.8 Å².